The number of carbonyl (C=O) groups excluding carboxylic acids is 2. The Kier molecular flexibility index (Phi) is 7.38. The standard InChI is InChI=1S/C25H19ClN2O6S/c1-33-21-11-10-16(12-22(21)34-15-18-7-2-4-8-19(18)26)13-23-24(29)27(25(30)35-23)14-17-6-3-5-9-20(17)28(31)32/h2-13H,14-15H2,1H3/b23-13-. The van der Waals surface area contributed by atoms with Gasteiger partial charge >= 0.3 is 0 Å². The molecule has 35 heavy (non-hydrogen) atoms. The fourth-order valence-corrected chi connectivity index (χ4v) is 4.48. The highest BCUT2D eigenvalue weighted by Crippen LogP contribution is 2.36. The van der Waals surface area contributed by atoms with Gasteiger partial charge in [-0.3, -0.25) is 24.6 Å². The molecule has 0 aromatic heterocycles. The lowest BCUT2D eigenvalue weighted by atomic mass is 10.1. The van der Waals surface area contributed by atoms with Crippen molar-refractivity contribution in [3.8, 4) is 11.5 Å². The van der Waals surface area contributed by atoms with E-state index in [-0.39, 0.29) is 29.3 Å². The molecule has 1 saturated heterocycles. The number of nitro benzene ring substituents is 1. The number of hydrogen-bond donors (Lipinski definition) is 0. The molecule has 0 saturated carbocycles. The first-order chi connectivity index (χ1) is 16.9. The average molecular weight is 511 g/mol. The molecule has 0 spiro atoms. The summed E-state index contributed by atoms with van der Waals surface area (Å²) in [5, 5.41) is 11.4. The van der Waals surface area contributed by atoms with Gasteiger partial charge in [-0.25, -0.2) is 0 Å². The number of carbonyl (C=O) groups is 2. The van der Waals surface area contributed by atoms with Crippen LogP contribution in [0, 0.1) is 10.1 Å². The molecule has 1 heterocycles. The number of nitro groups is 1. The van der Waals surface area contributed by atoms with Gasteiger partial charge in [-0.05, 0) is 41.6 Å². The van der Waals surface area contributed by atoms with Gasteiger partial charge in [0, 0.05) is 22.2 Å². The summed E-state index contributed by atoms with van der Waals surface area (Å²) in [5.41, 5.74) is 1.56. The van der Waals surface area contributed by atoms with Crippen molar-refractivity contribution in [2.24, 2.45) is 0 Å². The van der Waals surface area contributed by atoms with Crippen molar-refractivity contribution in [1.29, 1.82) is 0 Å². The Morgan fingerprint density at radius 1 is 1.03 bits per heavy atom. The largest absolute Gasteiger partial charge is 0.493 e. The molecule has 0 N–H and O–H groups in total. The Morgan fingerprint density at radius 2 is 1.74 bits per heavy atom. The summed E-state index contributed by atoms with van der Waals surface area (Å²) in [6, 6.07) is 18.5. The number of thioether (sulfide) groups is 1. The second kappa shape index (κ2) is 10.6. The van der Waals surface area contributed by atoms with E-state index in [1.54, 1.807) is 36.4 Å². The van der Waals surface area contributed by atoms with Crippen LogP contribution in [0.15, 0.2) is 71.6 Å². The number of amides is 2. The summed E-state index contributed by atoms with van der Waals surface area (Å²) in [4.78, 5) is 37.4. The molecular formula is C25H19ClN2O6S. The van der Waals surface area contributed by atoms with E-state index in [0.717, 1.165) is 22.2 Å². The maximum atomic E-state index is 12.9. The highest BCUT2D eigenvalue weighted by Gasteiger charge is 2.36. The predicted molar refractivity (Wildman–Crippen MR) is 133 cm³/mol. The zero-order chi connectivity index (χ0) is 24.9. The minimum absolute atomic E-state index is 0.147. The van der Waals surface area contributed by atoms with Gasteiger partial charge in [0.25, 0.3) is 16.8 Å². The molecule has 10 heteroatoms. The third-order valence-electron chi connectivity index (χ3n) is 5.22. The van der Waals surface area contributed by atoms with Crippen LogP contribution in [0.1, 0.15) is 16.7 Å². The number of benzene rings is 3. The number of hydrogen-bond acceptors (Lipinski definition) is 7. The molecule has 2 amide bonds. The molecule has 4 rings (SSSR count). The van der Waals surface area contributed by atoms with Crippen LogP contribution in [0.2, 0.25) is 5.02 Å². The Labute approximate surface area is 210 Å². The van der Waals surface area contributed by atoms with Crippen molar-refractivity contribution in [3.63, 3.8) is 0 Å². The molecule has 0 radical (unpaired) electrons. The van der Waals surface area contributed by atoms with E-state index in [4.69, 9.17) is 21.1 Å². The molecule has 1 fully saturated rings. The lowest BCUT2D eigenvalue weighted by Gasteiger charge is -2.13. The van der Waals surface area contributed by atoms with Crippen LogP contribution >= 0.6 is 23.4 Å². The molecule has 1 aliphatic heterocycles. The van der Waals surface area contributed by atoms with Gasteiger partial charge in [-0.2, -0.15) is 0 Å². The topological polar surface area (TPSA) is 99.0 Å². The first-order valence-electron chi connectivity index (χ1n) is 10.4. The summed E-state index contributed by atoms with van der Waals surface area (Å²) < 4.78 is 11.3. The number of nitrogens with zero attached hydrogens (tertiary/aromatic N) is 2. The molecule has 0 unspecified atom stereocenters. The summed E-state index contributed by atoms with van der Waals surface area (Å²) in [5.74, 6) is 0.423. The molecule has 0 bridgehead atoms. The van der Waals surface area contributed by atoms with Crippen molar-refractivity contribution in [3.05, 3.63) is 103 Å². The van der Waals surface area contributed by atoms with E-state index in [0.29, 0.717) is 22.1 Å². The third kappa shape index (κ3) is 5.47. The van der Waals surface area contributed by atoms with Crippen molar-refractivity contribution in [2.45, 2.75) is 13.2 Å². The van der Waals surface area contributed by atoms with E-state index in [9.17, 15) is 19.7 Å². The Morgan fingerprint density at radius 3 is 2.46 bits per heavy atom. The molecule has 178 valence electrons. The van der Waals surface area contributed by atoms with Gasteiger partial charge < -0.3 is 9.47 Å². The summed E-state index contributed by atoms with van der Waals surface area (Å²) in [7, 11) is 1.52. The zero-order valence-corrected chi connectivity index (χ0v) is 20.0. The van der Waals surface area contributed by atoms with Crippen molar-refractivity contribution in [1.82, 2.24) is 4.90 Å². The van der Waals surface area contributed by atoms with E-state index in [1.165, 1.54) is 25.3 Å². The van der Waals surface area contributed by atoms with Crippen LogP contribution in [0.3, 0.4) is 0 Å². The molecule has 8 nitrogen and oxygen atoms in total. The zero-order valence-electron chi connectivity index (χ0n) is 18.5. The Hall–Kier alpha value is -3.82. The molecule has 3 aromatic rings. The fourth-order valence-electron chi connectivity index (χ4n) is 3.45. The third-order valence-corrected chi connectivity index (χ3v) is 6.49. The molecule has 0 atom stereocenters. The van der Waals surface area contributed by atoms with Crippen molar-refractivity contribution in [2.75, 3.05) is 7.11 Å². The van der Waals surface area contributed by atoms with Gasteiger partial charge in [0.1, 0.15) is 6.61 Å². The Bertz CT molecular complexity index is 1340. The molecule has 3 aromatic carbocycles. The van der Waals surface area contributed by atoms with Crippen LogP contribution in [-0.2, 0) is 17.9 Å². The number of imide groups is 1. The smallest absolute Gasteiger partial charge is 0.293 e. The SMILES string of the molecule is COc1ccc(/C=C2\SC(=O)N(Cc3ccccc3[N+](=O)[O-])C2=O)cc1OCc1ccccc1Cl. The van der Waals surface area contributed by atoms with Crippen molar-refractivity contribution < 1.29 is 24.0 Å². The lowest BCUT2D eigenvalue weighted by Crippen LogP contribution is -2.27. The Balaban J connectivity index is 1.55. The van der Waals surface area contributed by atoms with Crippen LogP contribution < -0.4 is 9.47 Å². The normalized spacial score (nSPS) is 14.5. The van der Waals surface area contributed by atoms with E-state index in [2.05, 4.69) is 0 Å². The van der Waals surface area contributed by atoms with Crippen molar-refractivity contribution >= 4 is 46.3 Å². The highest BCUT2D eigenvalue weighted by molar-refractivity contribution is 8.18. The minimum Gasteiger partial charge on any atom is -0.493 e. The maximum absolute atomic E-state index is 12.9. The first kappa shape index (κ1) is 24.3. The highest BCUT2D eigenvalue weighted by atomic mass is 35.5. The first-order valence-corrected chi connectivity index (χ1v) is 11.6. The van der Waals surface area contributed by atoms with Crippen LogP contribution in [0.4, 0.5) is 10.5 Å². The molecule has 1 aliphatic rings. The van der Waals surface area contributed by atoms with Crippen LogP contribution in [-0.4, -0.2) is 28.1 Å². The second-order valence-corrected chi connectivity index (χ2v) is 8.84. The van der Waals surface area contributed by atoms with E-state index < -0.39 is 16.1 Å². The minimum atomic E-state index is -0.536. The number of halogens is 1. The quantitative estimate of drug-likeness (QED) is 0.206. The number of para-hydroxylation sites is 1. The van der Waals surface area contributed by atoms with Crippen LogP contribution in [0.25, 0.3) is 6.08 Å². The number of ether oxygens (including phenoxy) is 2. The summed E-state index contributed by atoms with van der Waals surface area (Å²) >= 11 is 6.98. The van der Waals surface area contributed by atoms with Crippen LogP contribution in [0.5, 0.6) is 11.5 Å². The van der Waals surface area contributed by atoms with Gasteiger partial charge in [-0.15, -0.1) is 0 Å². The summed E-state index contributed by atoms with van der Waals surface area (Å²) in [6.45, 7) is 0.0276. The van der Waals surface area contributed by atoms with E-state index in [1.807, 2.05) is 18.2 Å². The summed E-state index contributed by atoms with van der Waals surface area (Å²) in [6.07, 6.45) is 1.58. The molecular weight excluding hydrogens is 492 g/mol. The predicted octanol–water partition coefficient (Wildman–Crippen LogP) is 6.07. The number of rotatable bonds is 8. The maximum Gasteiger partial charge on any atom is 0.293 e. The van der Waals surface area contributed by atoms with Gasteiger partial charge in [0.15, 0.2) is 11.5 Å². The second-order valence-electron chi connectivity index (χ2n) is 7.44. The van der Waals surface area contributed by atoms with Gasteiger partial charge in [0.2, 0.25) is 0 Å². The fraction of sp³-hybridized carbons (Fsp3) is 0.120. The monoisotopic (exact) mass is 510 g/mol. The number of methoxy groups -OCH3 is 1. The van der Waals surface area contributed by atoms with Gasteiger partial charge in [-0.1, -0.05) is 54.1 Å². The lowest BCUT2D eigenvalue weighted by molar-refractivity contribution is -0.385. The van der Waals surface area contributed by atoms with Gasteiger partial charge in [0.05, 0.1) is 23.5 Å². The molecule has 0 aliphatic carbocycles. The average Bonchev–Trinajstić information content (AvgIpc) is 3.11. The van der Waals surface area contributed by atoms with E-state index >= 15 is 0 Å².